The molecule has 2 aromatic rings. The molecule has 0 aliphatic carbocycles. The molecule has 0 aliphatic rings. The van der Waals surface area contributed by atoms with Crippen molar-refractivity contribution in [3.05, 3.63) is 64.4 Å². The summed E-state index contributed by atoms with van der Waals surface area (Å²) in [6.07, 6.45) is 3.47. The molecule has 0 saturated carbocycles. The molecule has 2 rings (SSSR count). The lowest BCUT2D eigenvalue weighted by molar-refractivity contribution is -0.683. The summed E-state index contributed by atoms with van der Waals surface area (Å²) in [6, 6.07) is 10.7. The van der Waals surface area contributed by atoms with E-state index in [1.807, 2.05) is 12.1 Å². The number of halogens is 2. The molecule has 0 amide bonds. The Kier molecular flexibility index (Phi) is 6.23. The Labute approximate surface area is 136 Å². The lowest BCUT2D eigenvalue weighted by Gasteiger charge is -2.00. The minimum atomic E-state index is -0.00885. The molecule has 5 heteroatoms. The third kappa shape index (κ3) is 4.35. The van der Waals surface area contributed by atoms with Crippen LogP contribution < -0.4 is 4.57 Å². The summed E-state index contributed by atoms with van der Waals surface area (Å²) in [5, 5.41) is 0. The van der Waals surface area contributed by atoms with Crippen LogP contribution in [0.4, 0.5) is 0 Å². The second-order valence-corrected chi connectivity index (χ2v) is 5.17. The van der Waals surface area contributed by atoms with Gasteiger partial charge < -0.3 is 0 Å². The van der Waals surface area contributed by atoms with Crippen LogP contribution in [0.25, 0.3) is 0 Å². The predicted octanol–water partition coefficient (Wildman–Crippen LogP) is 3.40. The Morgan fingerprint density at radius 2 is 1.75 bits per heavy atom. The Morgan fingerprint density at radius 3 is 2.35 bits per heavy atom. The maximum atomic E-state index is 12.1. The first-order valence-corrected chi connectivity index (χ1v) is 6.64. The van der Waals surface area contributed by atoms with Crippen molar-refractivity contribution < 1.29 is 14.2 Å². The number of hydrogen-bond acceptors (Lipinski definition) is 2. The Bertz CT molecular complexity index is 624. The standard InChI is InChI=1S/C15H13BrNO2.BrH/c1-11(18)13-3-2-8-17(9-13)10-15(19)12-4-6-14(16)7-5-12;/h2-9H,10H2,1H3;1H/q+1;. The van der Waals surface area contributed by atoms with Crippen LogP contribution in [0.3, 0.4) is 0 Å². The summed E-state index contributed by atoms with van der Waals surface area (Å²) in [6.45, 7) is 1.74. The molecule has 3 nitrogen and oxygen atoms in total. The van der Waals surface area contributed by atoms with Gasteiger partial charge in [0.05, 0.1) is 5.56 Å². The number of benzene rings is 1. The zero-order valence-corrected chi connectivity index (χ0v) is 14.2. The van der Waals surface area contributed by atoms with Gasteiger partial charge in [-0.05, 0) is 25.1 Å². The van der Waals surface area contributed by atoms with E-state index in [1.165, 1.54) is 6.92 Å². The van der Waals surface area contributed by atoms with Crippen LogP contribution in [-0.2, 0) is 6.54 Å². The molecule has 0 bridgehead atoms. The Balaban J connectivity index is 0.00000200. The third-order valence-electron chi connectivity index (χ3n) is 2.76. The monoisotopic (exact) mass is 398 g/mol. The second kappa shape index (κ2) is 7.45. The van der Waals surface area contributed by atoms with E-state index >= 15 is 0 Å². The van der Waals surface area contributed by atoms with E-state index in [4.69, 9.17) is 0 Å². The Hall–Kier alpha value is -1.33. The van der Waals surface area contributed by atoms with Crippen molar-refractivity contribution in [2.24, 2.45) is 0 Å². The predicted molar refractivity (Wildman–Crippen MR) is 85.4 cm³/mol. The van der Waals surface area contributed by atoms with E-state index in [0.29, 0.717) is 11.1 Å². The molecular formula is C15H14Br2NO2+. The van der Waals surface area contributed by atoms with Gasteiger partial charge >= 0.3 is 0 Å². The summed E-state index contributed by atoms with van der Waals surface area (Å²) in [5.41, 5.74) is 1.26. The summed E-state index contributed by atoms with van der Waals surface area (Å²) < 4.78 is 2.66. The second-order valence-electron chi connectivity index (χ2n) is 4.25. The number of rotatable bonds is 4. The fourth-order valence-electron chi connectivity index (χ4n) is 1.72. The highest BCUT2D eigenvalue weighted by Crippen LogP contribution is 2.11. The van der Waals surface area contributed by atoms with Gasteiger partial charge in [-0.25, -0.2) is 0 Å². The van der Waals surface area contributed by atoms with Crippen LogP contribution >= 0.6 is 32.9 Å². The molecular weight excluding hydrogens is 386 g/mol. The van der Waals surface area contributed by atoms with Gasteiger partial charge in [0.2, 0.25) is 12.3 Å². The van der Waals surface area contributed by atoms with Gasteiger partial charge in [-0.15, -0.1) is 17.0 Å². The van der Waals surface area contributed by atoms with Crippen molar-refractivity contribution in [3.8, 4) is 0 Å². The van der Waals surface area contributed by atoms with E-state index in [9.17, 15) is 9.59 Å². The van der Waals surface area contributed by atoms with Crippen molar-refractivity contribution in [1.82, 2.24) is 0 Å². The third-order valence-corrected chi connectivity index (χ3v) is 3.29. The fraction of sp³-hybridized carbons (Fsp3) is 0.133. The van der Waals surface area contributed by atoms with Crippen molar-refractivity contribution >= 4 is 44.5 Å². The lowest BCUT2D eigenvalue weighted by Crippen LogP contribution is -2.37. The van der Waals surface area contributed by atoms with Crippen molar-refractivity contribution in [3.63, 3.8) is 0 Å². The quantitative estimate of drug-likeness (QED) is 0.583. The van der Waals surface area contributed by atoms with Crippen LogP contribution in [0.5, 0.6) is 0 Å². The van der Waals surface area contributed by atoms with Crippen molar-refractivity contribution in [2.75, 3.05) is 0 Å². The first kappa shape index (κ1) is 16.7. The molecule has 104 valence electrons. The van der Waals surface area contributed by atoms with Gasteiger partial charge in [-0.2, -0.15) is 4.57 Å². The van der Waals surface area contributed by atoms with Gasteiger partial charge in [0.1, 0.15) is 0 Å². The van der Waals surface area contributed by atoms with Crippen molar-refractivity contribution in [2.45, 2.75) is 13.5 Å². The van der Waals surface area contributed by atoms with E-state index in [-0.39, 0.29) is 35.1 Å². The highest BCUT2D eigenvalue weighted by Gasteiger charge is 2.13. The maximum absolute atomic E-state index is 12.1. The van der Waals surface area contributed by atoms with E-state index < -0.39 is 0 Å². The molecule has 0 unspecified atom stereocenters. The number of carbonyl (C=O) groups excluding carboxylic acids is 2. The van der Waals surface area contributed by atoms with Crippen LogP contribution in [0, 0.1) is 0 Å². The largest absolute Gasteiger partial charge is 0.294 e. The first-order chi connectivity index (χ1) is 9.06. The molecule has 0 saturated heterocycles. The summed E-state index contributed by atoms with van der Waals surface area (Å²) in [5.74, 6) is 0.00337. The topological polar surface area (TPSA) is 38.0 Å². The lowest BCUT2D eigenvalue weighted by atomic mass is 10.1. The number of aromatic nitrogens is 1. The SMILES string of the molecule is Br.CC(=O)c1ccc[n+](CC(=O)c2ccc(Br)cc2)c1. The molecule has 0 spiro atoms. The molecule has 0 N–H and O–H groups in total. The van der Waals surface area contributed by atoms with E-state index in [0.717, 1.165) is 4.47 Å². The molecule has 1 heterocycles. The van der Waals surface area contributed by atoms with Gasteiger partial charge in [0.25, 0.3) is 0 Å². The van der Waals surface area contributed by atoms with Gasteiger partial charge in [-0.1, -0.05) is 28.1 Å². The number of hydrogen-bond donors (Lipinski definition) is 0. The molecule has 1 aromatic carbocycles. The summed E-state index contributed by atoms with van der Waals surface area (Å²) in [7, 11) is 0. The molecule has 0 radical (unpaired) electrons. The maximum Gasteiger partial charge on any atom is 0.227 e. The zero-order valence-electron chi connectivity index (χ0n) is 10.9. The Morgan fingerprint density at radius 1 is 1.10 bits per heavy atom. The summed E-state index contributed by atoms with van der Waals surface area (Å²) >= 11 is 3.33. The van der Waals surface area contributed by atoms with Crippen LogP contribution in [-0.4, -0.2) is 11.6 Å². The van der Waals surface area contributed by atoms with E-state index in [2.05, 4.69) is 15.9 Å². The number of carbonyl (C=O) groups is 2. The number of Topliss-reactive ketones (excluding diaryl/α,β-unsaturated/α-hetero) is 2. The number of nitrogens with zero attached hydrogens (tertiary/aromatic N) is 1. The smallest absolute Gasteiger partial charge is 0.227 e. The highest BCUT2D eigenvalue weighted by atomic mass is 79.9. The molecule has 0 aliphatic heterocycles. The normalized spacial score (nSPS) is 9.70. The zero-order chi connectivity index (χ0) is 13.8. The average molecular weight is 400 g/mol. The fourth-order valence-corrected chi connectivity index (χ4v) is 1.99. The molecule has 20 heavy (non-hydrogen) atoms. The molecule has 1 aromatic heterocycles. The van der Waals surface area contributed by atoms with Gasteiger partial charge in [0.15, 0.2) is 18.2 Å². The highest BCUT2D eigenvalue weighted by molar-refractivity contribution is 9.10. The minimum absolute atomic E-state index is 0. The molecule has 0 fully saturated rings. The minimum Gasteiger partial charge on any atom is -0.294 e. The van der Waals surface area contributed by atoms with Gasteiger partial charge in [-0.3, -0.25) is 9.59 Å². The van der Waals surface area contributed by atoms with Crippen LogP contribution in [0.15, 0.2) is 53.3 Å². The summed E-state index contributed by atoms with van der Waals surface area (Å²) in [4.78, 5) is 23.4. The van der Waals surface area contributed by atoms with E-state index in [1.54, 1.807) is 41.2 Å². The van der Waals surface area contributed by atoms with Crippen LogP contribution in [0.1, 0.15) is 27.6 Å². The average Bonchev–Trinajstić information content (AvgIpc) is 2.39. The van der Waals surface area contributed by atoms with Crippen molar-refractivity contribution in [1.29, 1.82) is 0 Å². The van der Waals surface area contributed by atoms with Crippen LogP contribution in [0.2, 0.25) is 0 Å². The van der Waals surface area contributed by atoms with Gasteiger partial charge in [0, 0.05) is 16.1 Å². The molecule has 0 atom stereocenters. The number of ketones is 2. The first-order valence-electron chi connectivity index (χ1n) is 5.85. The number of pyridine rings is 1.